The number of ether oxygens (including phenoxy) is 1. The van der Waals surface area contributed by atoms with Crippen LogP contribution in [0.4, 0.5) is 5.69 Å². The van der Waals surface area contributed by atoms with Crippen LogP contribution in [0.2, 0.25) is 0 Å². The molecule has 2 heterocycles. The number of nitrogens with zero attached hydrogens (tertiary/aromatic N) is 2. The quantitative estimate of drug-likeness (QED) is 0.336. The average molecular weight is 561 g/mol. The first kappa shape index (κ1) is 20.7. The molecule has 4 unspecified atom stereocenters. The first-order valence-corrected chi connectivity index (χ1v) is 11.1. The molecule has 2 aliphatic heterocycles. The van der Waals surface area contributed by atoms with Crippen molar-refractivity contribution in [1.82, 2.24) is 10.6 Å². The Hall–Kier alpha value is -0.540. The van der Waals surface area contributed by atoms with Crippen molar-refractivity contribution in [3.05, 3.63) is 28.7 Å². The molecule has 5 nitrogen and oxygen atoms in total. The lowest BCUT2D eigenvalue weighted by atomic mass is 9.46. The minimum Gasteiger partial charge on any atom is -0.377 e. The first-order valence-electron chi connectivity index (χ1n) is 10.3. The summed E-state index contributed by atoms with van der Waals surface area (Å²) >= 11 is 3.52. The summed E-state index contributed by atoms with van der Waals surface area (Å²) in [4.78, 5) is 7.00. The van der Waals surface area contributed by atoms with Crippen LogP contribution < -0.4 is 15.5 Å². The predicted molar refractivity (Wildman–Crippen MR) is 128 cm³/mol. The summed E-state index contributed by atoms with van der Waals surface area (Å²) in [7, 11) is 1.89. The molecule has 0 radical (unpaired) electrons. The summed E-state index contributed by atoms with van der Waals surface area (Å²) < 4.78 is 7.18. The molecule has 2 aliphatic carbocycles. The SMILES string of the molecule is CN=C(NC1CCN(c2ccc(Br)cc2)C1)NC1C2CCOC2C12CCC2.I. The molecule has 7 heteroatoms. The lowest BCUT2D eigenvalue weighted by molar-refractivity contribution is -0.171. The molecule has 5 rings (SSSR count). The van der Waals surface area contributed by atoms with Gasteiger partial charge in [-0.3, -0.25) is 4.99 Å². The smallest absolute Gasteiger partial charge is 0.191 e. The van der Waals surface area contributed by atoms with E-state index in [1.54, 1.807) is 0 Å². The van der Waals surface area contributed by atoms with E-state index in [9.17, 15) is 0 Å². The molecule has 2 saturated heterocycles. The van der Waals surface area contributed by atoms with Gasteiger partial charge in [0, 0.05) is 60.3 Å². The van der Waals surface area contributed by atoms with Gasteiger partial charge in [0.2, 0.25) is 0 Å². The third kappa shape index (κ3) is 3.45. The number of benzene rings is 1. The Morgan fingerprint density at radius 3 is 2.68 bits per heavy atom. The first-order chi connectivity index (χ1) is 13.2. The zero-order chi connectivity index (χ0) is 18.4. The van der Waals surface area contributed by atoms with Crippen LogP contribution in [0.25, 0.3) is 0 Å². The fraction of sp³-hybridized carbons (Fsp3) is 0.667. The molecule has 0 aromatic heterocycles. The van der Waals surface area contributed by atoms with E-state index in [-0.39, 0.29) is 24.0 Å². The Bertz CT molecular complexity index is 724. The maximum Gasteiger partial charge on any atom is 0.191 e. The Kier molecular flexibility index (Phi) is 6.14. The Labute approximate surface area is 193 Å². The van der Waals surface area contributed by atoms with Gasteiger partial charge in [0.1, 0.15) is 0 Å². The van der Waals surface area contributed by atoms with Gasteiger partial charge in [-0.1, -0.05) is 22.4 Å². The van der Waals surface area contributed by atoms with Crippen LogP contribution in [0.15, 0.2) is 33.7 Å². The molecule has 28 heavy (non-hydrogen) atoms. The molecule has 4 atom stereocenters. The van der Waals surface area contributed by atoms with Crippen molar-refractivity contribution in [2.75, 3.05) is 31.6 Å². The second-order valence-corrected chi connectivity index (χ2v) is 9.49. The molecule has 2 saturated carbocycles. The third-order valence-electron chi connectivity index (χ3n) is 7.27. The van der Waals surface area contributed by atoms with E-state index in [1.165, 1.54) is 31.4 Å². The van der Waals surface area contributed by atoms with Gasteiger partial charge in [-0.2, -0.15) is 0 Å². The fourth-order valence-corrected chi connectivity index (χ4v) is 6.00. The van der Waals surface area contributed by atoms with Crippen LogP contribution in [0, 0.1) is 11.3 Å². The van der Waals surface area contributed by atoms with E-state index in [2.05, 4.69) is 60.7 Å². The monoisotopic (exact) mass is 560 g/mol. The van der Waals surface area contributed by atoms with Crippen molar-refractivity contribution in [2.45, 2.75) is 50.3 Å². The van der Waals surface area contributed by atoms with Gasteiger partial charge < -0.3 is 20.3 Å². The lowest BCUT2D eigenvalue weighted by Crippen LogP contribution is -2.72. The highest BCUT2D eigenvalue weighted by molar-refractivity contribution is 14.0. The van der Waals surface area contributed by atoms with Crippen molar-refractivity contribution in [1.29, 1.82) is 0 Å². The zero-order valence-electron chi connectivity index (χ0n) is 16.4. The molecule has 1 aromatic carbocycles. The molecule has 154 valence electrons. The zero-order valence-corrected chi connectivity index (χ0v) is 20.3. The van der Waals surface area contributed by atoms with Crippen molar-refractivity contribution in [3.63, 3.8) is 0 Å². The van der Waals surface area contributed by atoms with Gasteiger partial charge in [0.05, 0.1) is 6.10 Å². The van der Waals surface area contributed by atoms with Gasteiger partial charge in [0.15, 0.2) is 5.96 Å². The van der Waals surface area contributed by atoms with Gasteiger partial charge in [0.25, 0.3) is 0 Å². The van der Waals surface area contributed by atoms with Crippen LogP contribution in [-0.4, -0.2) is 50.9 Å². The van der Waals surface area contributed by atoms with Crippen molar-refractivity contribution < 1.29 is 4.74 Å². The third-order valence-corrected chi connectivity index (χ3v) is 7.80. The van der Waals surface area contributed by atoms with E-state index in [0.717, 1.165) is 36.5 Å². The van der Waals surface area contributed by atoms with Crippen molar-refractivity contribution in [2.24, 2.45) is 16.3 Å². The van der Waals surface area contributed by atoms with Crippen LogP contribution in [0.3, 0.4) is 0 Å². The Morgan fingerprint density at radius 2 is 2.00 bits per heavy atom. The van der Waals surface area contributed by atoms with E-state index >= 15 is 0 Å². The topological polar surface area (TPSA) is 48.9 Å². The molecule has 4 fully saturated rings. The maximum absolute atomic E-state index is 6.05. The van der Waals surface area contributed by atoms with E-state index in [1.807, 2.05) is 7.05 Å². The van der Waals surface area contributed by atoms with E-state index < -0.39 is 0 Å². The number of hydrogen-bond acceptors (Lipinski definition) is 3. The number of aliphatic imine (C=N–C) groups is 1. The van der Waals surface area contributed by atoms with Gasteiger partial charge in [-0.05, 0) is 49.9 Å². The van der Waals surface area contributed by atoms with Gasteiger partial charge in [-0.15, -0.1) is 24.0 Å². The highest BCUT2D eigenvalue weighted by Crippen LogP contribution is 2.62. The number of nitrogens with one attached hydrogen (secondary N) is 2. The summed E-state index contributed by atoms with van der Waals surface area (Å²) in [6.45, 7) is 3.04. The minimum atomic E-state index is 0. The molecule has 1 spiro atoms. The Morgan fingerprint density at radius 1 is 1.21 bits per heavy atom. The summed E-state index contributed by atoms with van der Waals surface area (Å²) in [6.07, 6.45) is 6.81. The molecular formula is C21H30BrIN4O. The molecule has 0 amide bonds. The van der Waals surface area contributed by atoms with Crippen LogP contribution in [0.5, 0.6) is 0 Å². The average Bonchev–Trinajstić information content (AvgIpc) is 3.26. The number of rotatable bonds is 3. The van der Waals surface area contributed by atoms with E-state index in [0.29, 0.717) is 29.5 Å². The number of halogens is 2. The molecule has 2 N–H and O–H groups in total. The Balaban J connectivity index is 0.00000192. The number of anilines is 1. The summed E-state index contributed by atoms with van der Waals surface area (Å²) in [5, 5.41) is 7.48. The number of guanidine groups is 1. The lowest BCUT2D eigenvalue weighted by Gasteiger charge is -2.63. The summed E-state index contributed by atoms with van der Waals surface area (Å²) in [6, 6.07) is 9.58. The maximum atomic E-state index is 6.05. The number of fused-ring (bicyclic) bond motifs is 2. The summed E-state index contributed by atoms with van der Waals surface area (Å²) in [5.41, 5.74) is 1.68. The standard InChI is InChI=1S/C21H29BrN4O.HI/c1-23-20(25-18-17-8-12-27-19(17)21(18)9-2-10-21)24-15-7-11-26(13-15)16-5-3-14(22)4-6-16;/h3-6,15,17-19H,2,7-13H2,1H3,(H2,23,24,25);1H. The van der Waals surface area contributed by atoms with Gasteiger partial charge >= 0.3 is 0 Å². The number of hydrogen-bond donors (Lipinski definition) is 2. The fourth-order valence-electron chi connectivity index (χ4n) is 5.73. The molecular weight excluding hydrogens is 531 g/mol. The van der Waals surface area contributed by atoms with Crippen molar-refractivity contribution in [3.8, 4) is 0 Å². The molecule has 1 aromatic rings. The van der Waals surface area contributed by atoms with Crippen LogP contribution in [-0.2, 0) is 4.74 Å². The van der Waals surface area contributed by atoms with Gasteiger partial charge in [-0.25, -0.2) is 0 Å². The highest BCUT2D eigenvalue weighted by Gasteiger charge is 2.66. The second kappa shape index (κ2) is 8.30. The predicted octanol–water partition coefficient (Wildman–Crippen LogP) is 3.77. The normalized spacial score (nSPS) is 32.9. The van der Waals surface area contributed by atoms with Crippen molar-refractivity contribution >= 4 is 51.6 Å². The summed E-state index contributed by atoms with van der Waals surface area (Å²) in [5.74, 6) is 1.64. The van der Waals surface area contributed by atoms with E-state index in [4.69, 9.17) is 4.74 Å². The molecule has 4 aliphatic rings. The van der Waals surface area contributed by atoms with Crippen LogP contribution >= 0.6 is 39.9 Å². The highest BCUT2D eigenvalue weighted by atomic mass is 127. The second-order valence-electron chi connectivity index (χ2n) is 8.58. The molecule has 0 bridgehead atoms. The largest absolute Gasteiger partial charge is 0.377 e. The van der Waals surface area contributed by atoms with Crippen LogP contribution in [0.1, 0.15) is 32.1 Å². The minimum absolute atomic E-state index is 0.